The van der Waals surface area contributed by atoms with Gasteiger partial charge in [0.15, 0.2) is 11.6 Å². The highest BCUT2D eigenvalue weighted by Gasteiger charge is 2.06. The summed E-state index contributed by atoms with van der Waals surface area (Å²) >= 11 is 0. The Balaban J connectivity index is 2.61. The van der Waals surface area contributed by atoms with Gasteiger partial charge in [0, 0.05) is 0 Å². The summed E-state index contributed by atoms with van der Waals surface area (Å²) in [5, 5.41) is 0. The molecule has 0 aromatic heterocycles. The highest BCUT2D eigenvalue weighted by atomic mass is 19.2. The zero-order valence-electron chi connectivity index (χ0n) is 7.74. The molecule has 1 radical (unpaired) electrons. The van der Waals surface area contributed by atoms with Crippen LogP contribution in [0, 0.1) is 17.7 Å². The topological polar surface area (TPSA) is 0 Å². The van der Waals surface area contributed by atoms with Gasteiger partial charge in [-0.3, -0.25) is 0 Å². The van der Waals surface area contributed by atoms with Crippen molar-refractivity contribution in [1.29, 1.82) is 0 Å². The maximum atomic E-state index is 13.0. The average molecular weight is 183 g/mol. The Morgan fingerprint density at radius 3 is 2.77 bits per heavy atom. The van der Waals surface area contributed by atoms with Gasteiger partial charge >= 0.3 is 0 Å². The van der Waals surface area contributed by atoms with Crippen molar-refractivity contribution in [3.8, 4) is 0 Å². The first-order chi connectivity index (χ1) is 6.25. The summed E-state index contributed by atoms with van der Waals surface area (Å²) in [6.07, 6.45) is 3.60. The highest BCUT2D eigenvalue weighted by molar-refractivity contribution is 5.17. The minimum Gasteiger partial charge on any atom is -0.204 e. The van der Waals surface area contributed by atoms with Crippen LogP contribution in [0.3, 0.4) is 0 Å². The molecule has 1 aromatic carbocycles. The minimum absolute atomic E-state index is 0.369. The number of hydrogen-bond donors (Lipinski definition) is 0. The van der Waals surface area contributed by atoms with E-state index in [0.29, 0.717) is 12.0 Å². The summed E-state index contributed by atoms with van der Waals surface area (Å²) in [4.78, 5) is 0. The third-order valence-electron chi connectivity index (χ3n) is 1.99. The Hall–Kier alpha value is -0.920. The molecule has 0 N–H and O–H groups in total. The lowest BCUT2D eigenvalue weighted by Crippen LogP contribution is -1.94. The van der Waals surface area contributed by atoms with Crippen LogP contribution < -0.4 is 0 Å². The number of aryl methyl sites for hydroxylation is 1. The first-order valence-electron chi connectivity index (χ1n) is 4.60. The van der Waals surface area contributed by atoms with E-state index >= 15 is 0 Å². The molecule has 0 nitrogen and oxygen atoms in total. The number of rotatable bonds is 4. The second-order valence-corrected chi connectivity index (χ2v) is 3.08. The third kappa shape index (κ3) is 2.79. The van der Waals surface area contributed by atoms with Crippen LogP contribution in [0.15, 0.2) is 12.1 Å². The van der Waals surface area contributed by atoms with Crippen molar-refractivity contribution in [2.45, 2.75) is 32.6 Å². The molecule has 71 valence electrons. The predicted molar refractivity (Wildman–Crippen MR) is 48.4 cm³/mol. The summed E-state index contributed by atoms with van der Waals surface area (Å²) in [6, 6.07) is 5.25. The van der Waals surface area contributed by atoms with Crippen molar-refractivity contribution in [2.75, 3.05) is 0 Å². The van der Waals surface area contributed by atoms with Crippen LogP contribution in [0.4, 0.5) is 8.78 Å². The van der Waals surface area contributed by atoms with Gasteiger partial charge in [-0.15, -0.1) is 0 Å². The van der Waals surface area contributed by atoms with Crippen molar-refractivity contribution in [3.05, 3.63) is 35.4 Å². The molecular formula is C11H13F2. The van der Waals surface area contributed by atoms with Crippen LogP contribution in [-0.2, 0) is 6.42 Å². The van der Waals surface area contributed by atoms with Crippen molar-refractivity contribution >= 4 is 0 Å². The van der Waals surface area contributed by atoms with E-state index in [0.717, 1.165) is 25.3 Å². The molecule has 1 aromatic rings. The molecule has 0 unspecified atom stereocenters. The fourth-order valence-electron chi connectivity index (χ4n) is 1.23. The standard InChI is InChI=1S/C11H13F2/c1-2-3-4-6-9-7-5-8-10(12)11(9)13/h5,8H,2-4,6H2,1H3. The van der Waals surface area contributed by atoms with Crippen molar-refractivity contribution in [3.63, 3.8) is 0 Å². The highest BCUT2D eigenvalue weighted by Crippen LogP contribution is 2.13. The lowest BCUT2D eigenvalue weighted by molar-refractivity contribution is 0.495. The van der Waals surface area contributed by atoms with Crippen LogP contribution in [-0.4, -0.2) is 0 Å². The number of hydrogen-bond acceptors (Lipinski definition) is 0. The SMILES string of the molecule is CCCCCc1[c]ccc(F)c1F. The van der Waals surface area contributed by atoms with Crippen LogP contribution >= 0.6 is 0 Å². The second-order valence-electron chi connectivity index (χ2n) is 3.08. The van der Waals surface area contributed by atoms with E-state index in [1.165, 1.54) is 6.07 Å². The van der Waals surface area contributed by atoms with Crippen molar-refractivity contribution in [1.82, 2.24) is 0 Å². The summed E-state index contributed by atoms with van der Waals surface area (Å²) < 4.78 is 25.7. The number of unbranched alkanes of at least 4 members (excludes halogenated alkanes) is 2. The van der Waals surface area contributed by atoms with E-state index in [1.807, 2.05) is 0 Å². The molecule has 2 heteroatoms. The number of benzene rings is 1. The van der Waals surface area contributed by atoms with E-state index in [-0.39, 0.29) is 0 Å². The van der Waals surface area contributed by atoms with E-state index in [9.17, 15) is 8.78 Å². The zero-order valence-corrected chi connectivity index (χ0v) is 7.74. The molecule has 0 amide bonds. The molecular weight excluding hydrogens is 170 g/mol. The molecule has 0 saturated carbocycles. The second kappa shape index (κ2) is 4.95. The van der Waals surface area contributed by atoms with Gasteiger partial charge in [0.05, 0.1) is 0 Å². The van der Waals surface area contributed by atoms with Crippen molar-refractivity contribution in [2.24, 2.45) is 0 Å². The van der Waals surface area contributed by atoms with Gasteiger partial charge in [0.2, 0.25) is 0 Å². The van der Waals surface area contributed by atoms with Crippen LogP contribution in [0.1, 0.15) is 31.7 Å². The fourth-order valence-corrected chi connectivity index (χ4v) is 1.23. The van der Waals surface area contributed by atoms with Gasteiger partial charge in [-0.1, -0.05) is 25.8 Å². The molecule has 0 aliphatic carbocycles. The Bertz CT molecular complexity index is 269. The maximum absolute atomic E-state index is 13.0. The van der Waals surface area contributed by atoms with Gasteiger partial charge in [-0.2, -0.15) is 0 Å². The monoisotopic (exact) mass is 183 g/mol. The first kappa shape index (κ1) is 10.2. The summed E-state index contributed by atoms with van der Waals surface area (Å²) in [7, 11) is 0. The molecule has 0 spiro atoms. The van der Waals surface area contributed by atoms with E-state index in [1.54, 1.807) is 0 Å². The molecule has 0 bridgehead atoms. The van der Waals surface area contributed by atoms with E-state index in [2.05, 4.69) is 13.0 Å². The van der Waals surface area contributed by atoms with Crippen LogP contribution in [0.25, 0.3) is 0 Å². The number of halogens is 2. The molecule has 0 heterocycles. The smallest absolute Gasteiger partial charge is 0.162 e. The minimum atomic E-state index is -0.773. The maximum Gasteiger partial charge on any atom is 0.162 e. The third-order valence-corrected chi connectivity index (χ3v) is 1.99. The largest absolute Gasteiger partial charge is 0.204 e. The predicted octanol–water partition coefficient (Wildman–Crippen LogP) is 3.50. The Kier molecular flexibility index (Phi) is 3.87. The van der Waals surface area contributed by atoms with E-state index < -0.39 is 11.6 Å². The lowest BCUT2D eigenvalue weighted by Gasteiger charge is -2.01. The molecule has 1 rings (SSSR count). The molecule has 0 fully saturated rings. The van der Waals surface area contributed by atoms with Crippen molar-refractivity contribution < 1.29 is 8.78 Å². The molecule has 0 aliphatic heterocycles. The van der Waals surface area contributed by atoms with Crippen LogP contribution in [0.2, 0.25) is 0 Å². The average Bonchev–Trinajstić information content (AvgIpc) is 2.13. The van der Waals surface area contributed by atoms with E-state index in [4.69, 9.17) is 0 Å². The molecule has 13 heavy (non-hydrogen) atoms. The Morgan fingerprint density at radius 1 is 1.31 bits per heavy atom. The van der Waals surface area contributed by atoms with Gasteiger partial charge in [-0.05, 0) is 30.5 Å². The fraction of sp³-hybridized carbons (Fsp3) is 0.455. The normalized spacial score (nSPS) is 10.4. The molecule has 0 saturated heterocycles. The Labute approximate surface area is 77.6 Å². The quantitative estimate of drug-likeness (QED) is 0.627. The molecule has 0 atom stereocenters. The van der Waals surface area contributed by atoms with Gasteiger partial charge < -0.3 is 0 Å². The summed E-state index contributed by atoms with van der Waals surface area (Å²) in [5.74, 6) is -1.51. The van der Waals surface area contributed by atoms with Gasteiger partial charge in [0.25, 0.3) is 0 Å². The molecule has 0 aliphatic rings. The summed E-state index contributed by atoms with van der Waals surface area (Å²) in [6.45, 7) is 2.08. The zero-order chi connectivity index (χ0) is 9.68. The lowest BCUT2D eigenvalue weighted by atomic mass is 10.1. The van der Waals surface area contributed by atoms with Crippen LogP contribution in [0.5, 0.6) is 0 Å². The summed E-state index contributed by atoms with van der Waals surface area (Å²) in [5.41, 5.74) is 0.369. The van der Waals surface area contributed by atoms with Gasteiger partial charge in [-0.25, -0.2) is 8.78 Å². The van der Waals surface area contributed by atoms with Gasteiger partial charge in [0.1, 0.15) is 0 Å². The first-order valence-corrected chi connectivity index (χ1v) is 4.60. The Morgan fingerprint density at radius 2 is 2.08 bits per heavy atom.